The van der Waals surface area contributed by atoms with E-state index < -0.39 is 6.10 Å². The summed E-state index contributed by atoms with van der Waals surface area (Å²) in [5.74, 6) is 0.552. The maximum atomic E-state index is 8.40. The van der Waals surface area contributed by atoms with E-state index in [9.17, 15) is 0 Å². The zero-order chi connectivity index (χ0) is 4.99. The van der Waals surface area contributed by atoms with E-state index in [1.807, 2.05) is 0 Å². The Labute approximate surface area is 42.2 Å². The first-order valence-electron chi connectivity index (χ1n) is 1.80. The maximum Gasteiger partial charge on any atom is 0.0840 e. The first-order valence-corrected chi connectivity index (χ1v) is 2.62. The van der Waals surface area contributed by atoms with Crippen molar-refractivity contribution < 1.29 is 10.2 Å². The van der Waals surface area contributed by atoms with Crippen molar-refractivity contribution in [3.63, 3.8) is 0 Å². The highest BCUT2D eigenvalue weighted by Crippen LogP contribution is 1.81. The SMILES string of the molecule is OCC(O)C[SH3]. The Balaban J connectivity index is 2.75. The van der Waals surface area contributed by atoms with Gasteiger partial charge in [0.2, 0.25) is 0 Å². The van der Waals surface area contributed by atoms with Crippen molar-refractivity contribution in [1.29, 1.82) is 0 Å². The van der Waals surface area contributed by atoms with Crippen LogP contribution in [0.2, 0.25) is 0 Å². The van der Waals surface area contributed by atoms with E-state index in [-0.39, 0.29) is 6.61 Å². The minimum Gasteiger partial charge on any atom is -0.394 e. The van der Waals surface area contributed by atoms with E-state index in [4.69, 9.17) is 10.2 Å². The number of hydrogen-bond donors (Lipinski definition) is 2. The van der Waals surface area contributed by atoms with E-state index in [1.165, 1.54) is 0 Å². The molecule has 0 aromatic rings. The highest BCUT2D eigenvalue weighted by Gasteiger charge is 1.92. The van der Waals surface area contributed by atoms with Crippen molar-refractivity contribution in [2.45, 2.75) is 6.10 Å². The molecule has 0 bridgehead atoms. The van der Waals surface area contributed by atoms with Crippen LogP contribution in [0.3, 0.4) is 0 Å². The van der Waals surface area contributed by atoms with Crippen LogP contribution in [0.15, 0.2) is 0 Å². The summed E-state index contributed by atoms with van der Waals surface area (Å²) in [5, 5.41) is 16.5. The van der Waals surface area contributed by atoms with Gasteiger partial charge in [0, 0.05) is 0 Å². The number of aliphatic hydroxyl groups is 2. The summed E-state index contributed by atoms with van der Waals surface area (Å²) < 4.78 is 0. The van der Waals surface area contributed by atoms with Crippen LogP contribution < -0.4 is 0 Å². The van der Waals surface area contributed by atoms with E-state index >= 15 is 0 Å². The lowest BCUT2D eigenvalue weighted by Crippen LogP contribution is -2.12. The fourth-order valence-corrected chi connectivity index (χ4v) is 0.224. The zero-order valence-corrected chi connectivity index (χ0v) is 4.62. The summed E-state index contributed by atoms with van der Waals surface area (Å²) >= 11 is 2.33. The molecule has 2 N–H and O–H groups in total. The molecule has 0 aromatic heterocycles. The van der Waals surface area contributed by atoms with Gasteiger partial charge in [0.05, 0.1) is 12.7 Å². The summed E-state index contributed by atoms with van der Waals surface area (Å²) in [7, 11) is 0. The molecule has 0 fully saturated rings. The van der Waals surface area contributed by atoms with Gasteiger partial charge in [-0.05, 0) is 5.75 Å². The molecule has 1 unspecified atom stereocenters. The quantitative estimate of drug-likeness (QED) is 0.465. The summed E-state index contributed by atoms with van der Waals surface area (Å²) in [5.41, 5.74) is 0. The van der Waals surface area contributed by atoms with Crippen LogP contribution in [0.5, 0.6) is 0 Å². The van der Waals surface area contributed by atoms with Gasteiger partial charge < -0.3 is 10.2 Å². The minimum absolute atomic E-state index is 0.135. The second kappa shape index (κ2) is 3.46. The number of rotatable bonds is 2. The third-order valence-electron chi connectivity index (χ3n) is 0.483. The van der Waals surface area contributed by atoms with Crippen molar-refractivity contribution in [3.8, 4) is 0 Å². The predicted molar refractivity (Wildman–Crippen MR) is 29.7 cm³/mol. The molecule has 0 radical (unpaired) electrons. The van der Waals surface area contributed by atoms with E-state index in [1.54, 1.807) is 0 Å². The highest BCUT2D eigenvalue weighted by molar-refractivity contribution is 7.80. The summed E-state index contributed by atoms with van der Waals surface area (Å²) in [6, 6.07) is 0. The molecular weight excluding hydrogens is 100 g/mol. The van der Waals surface area contributed by atoms with Crippen LogP contribution in [0.25, 0.3) is 0 Å². The van der Waals surface area contributed by atoms with Crippen LogP contribution in [0.1, 0.15) is 0 Å². The number of aliphatic hydroxyl groups excluding tert-OH is 2. The molecular formula is C3H10O2S. The average molecular weight is 110 g/mol. The van der Waals surface area contributed by atoms with Gasteiger partial charge in [0.1, 0.15) is 0 Å². The molecule has 0 amide bonds. The zero-order valence-electron chi connectivity index (χ0n) is 3.46. The first-order chi connectivity index (χ1) is 2.81. The van der Waals surface area contributed by atoms with Crippen molar-refractivity contribution in [2.24, 2.45) is 0 Å². The van der Waals surface area contributed by atoms with E-state index in [0.717, 1.165) is 0 Å². The first kappa shape index (κ1) is 6.27. The van der Waals surface area contributed by atoms with Crippen LogP contribution in [0.4, 0.5) is 0 Å². The van der Waals surface area contributed by atoms with Gasteiger partial charge >= 0.3 is 0 Å². The molecule has 0 aliphatic carbocycles. The fraction of sp³-hybridized carbons (Fsp3) is 1.00. The van der Waals surface area contributed by atoms with Crippen LogP contribution in [-0.4, -0.2) is 28.7 Å². The molecule has 3 heteroatoms. The lowest BCUT2D eigenvalue weighted by molar-refractivity contribution is 0.114. The van der Waals surface area contributed by atoms with Gasteiger partial charge in [0.25, 0.3) is 0 Å². The van der Waals surface area contributed by atoms with Crippen molar-refractivity contribution in [3.05, 3.63) is 0 Å². The topological polar surface area (TPSA) is 40.5 Å². The van der Waals surface area contributed by atoms with Gasteiger partial charge in [-0.15, -0.1) is 0 Å². The maximum absolute atomic E-state index is 8.40. The predicted octanol–water partition coefficient (Wildman–Crippen LogP) is -1.27. The Morgan fingerprint density at radius 3 is 2.17 bits per heavy atom. The Hall–Kier alpha value is 0.270. The smallest absolute Gasteiger partial charge is 0.0840 e. The summed E-state index contributed by atoms with van der Waals surface area (Å²) in [6.07, 6.45) is -0.546. The molecule has 40 valence electrons. The van der Waals surface area contributed by atoms with Gasteiger partial charge in [-0.25, -0.2) is 0 Å². The summed E-state index contributed by atoms with van der Waals surface area (Å²) in [6.45, 7) is -0.135. The number of hydrogen-bond acceptors (Lipinski definition) is 2. The Kier molecular flexibility index (Phi) is 3.62. The molecule has 0 aromatic carbocycles. The van der Waals surface area contributed by atoms with Crippen molar-refractivity contribution >= 4 is 12.6 Å². The van der Waals surface area contributed by atoms with Crippen molar-refractivity contribution in [2.75, 3.05) is 12.4 Å². The van der Waals surface area contributed by atoms with Crippen molar-refractivity contribution in [1.82, 2.24) is 0 Å². The molecule has 0 saturated heterocycles. The second-order valence-electron chi connectivity index (χ2n) is 1.07. The van der Waals surface area contributed by atoms with E-state index in [0.29, 0.717) is 5.75 Å². The molecule has 0 rings (SSSR count). The highest BCUT2D eigenvalue weighted by atomic mass is 32.1. The van der Waals surface area contributed by atoms with Crippen LogP contribution >= 0.6 is 12.6 Å². The molecule has 0 spiro atoms. The average Bonchev–Trinajstić information content (AvgIpc) is 1.65. The lowest BCUT2D eigenvalue weighted by atomic mass is 10.4. The van der Waals surface area contributed by atoms with Crippen LogP contribution in [-0.2, 0) is 0 Å². The standard InChI is InChI=1S/C3H10O2S/c4-1-3(5)2-6/h3-5H,1-2H2,6H3. The molecule has 0 aliphatic heterocycles. The monoisotopic (exact) mass is 110 g/mol. The van der Waals surface area contributed by atoms with Gasteiger partial charge in [-0.2, -0.15) is 0 Å². The summed E-state index contributed by atoms with van der Waals surface area (Å²) in [4.78, 5) is 0. The Morgan fingerprint density at radius 1 is 1.67 bits per heavy atom. The minimum atomic E-state index is -0.546. The molecule has 1 atom stereocenters. The van der Waals surface area contributed by atoms with Crippen LogP contribution in [0, 0.1) is 0 Å². The molecule has 0 saturated carbocycles. The third-order valence-corrected chi connectivity index (χ3v) is 1.03. The lowest BCUT2D eigenvalue weighted by Gasteiger charge is -1.97. The van der Waals surface area contributed by atoms with Gasteiger partial charge in [-0.3, -0.25) is 12.6 Å². The normalized spacial score (nSPS) is 15.3. The Morgan fingerprint density at radius 2 is 2.17 bits per heavy atom. The molecule has 6 heavy (non-hydrogen) atoms. The third kappa shape index (κ3) is 2.50. The molecule has 0 heterocycles. The van der Waals surface area contributed by atoms with E-state index in [2.05, 4.69) is 12.6 Å². The Bertz CT molecular complexity index is 28.0. The van der Waals surface area contributed by atoms with Gasteiger partial charge in [-0.1, -0.05) is 0 Å². The molecule has 2 nitrogen and oxygen atoms in total. The van der Waals surface area contributed by atoms with Gasteiger partial charge in [0.15, 0.2) is 0 Å². The second-order valence-corrected chi connectivity index (χ2v) is 1.54. The fourth-order valence-electron chi connectivity index (χ4n) is 0.0745. The largest absolute Gasteiger partial charge is 0.394 e. The molecule has 0 aliphatic rings.